The lowest BCUT2D eigenvalue weighted by Crippen LogP contribution is -2.53. The van der Waals surface area contributed by atoms with E-state index in [1.807, 2.05) is 13.8 Å². The first kappa shape index (κ1) is 25.6. The number of hydrogen-bond acceptors (Lipinski definition) is 5. The van der Waals surface area contributed by atoms with Gasteiger partial charge in [-0.15, -0.1) is 0 Å². The van der Waals surface area contributed by atoms with Crippen molar-refractivity contribution in [1.29, 1.82) is 0 Å². The Morgan fingerprint density at radius 1 is 1.18 bits per heavy atom. The Morgan fingerprint density at radius 2 is 1.88 bits per heavy atom. The highest BCUT2D eigenvalue weighted by molar-refractivity contribution is 6.31. The molecule has 184 valence electrons. The van der Waals surface area contributed by atoms with E-state index in [0.29, 0.717) is 42.3 Å². The fourth-order valence-corrected chi connectivity index (χ4v) is 4.06. The number of carbonyl (C=O) groups is 2. The number of methoxy groups -OCH3 is 1. The summed E-state index contributed by atoms with van der Waals surface area (Å²) in [5.74, 6) is 0.568. The third-order valence-electron chi connectivity index (χ3n) is 5.79. The molecule has 1 unspecified atom stereocenters. The van der Waals surface area contributed by atoms with Crippen LogP contribution in [0.1, 0.15) is 43.9 Å². The first-order valence-corrected chi connectivity index (χ1v) is 11.7. The van der Waals surface area contributed by atoms with Gasteiger partial charge in [0.05, 0.1) is 24.8 Å². The summed E-state index contributed by atoms with van der Waals surface area (Å²) in [6.07, 6.45) is 1.20. The fraction of sp³-hybridized carbons (Fsp3) is 0.440. The predicted octanol–water partition coefficient (Wildman–Crippen LogP) is 5.21. The van der Waals surface area contributed by atoms with E-state index < -0.39 is 18.0 Å². The van der Waals surface area contributed by atoms with Crippen LogP contribution in [0.15, 0.2) is 36.4 Å². The second-order valence-corrected chi connectivity index (χ2v) is 8.48. The number of halogens is 2. The number of rotatable bonds is 9. The minimum absolute atomic E-state index is 0.0873. The van der Waals surface area contributed by atoms with Crippen LogP contribution in [0.4, 0.5) is 9.18 Å². The zero-order valence-corrected chi connectivity index (χ0v) is 20.4. The number of amides is 2. The normalized spacial score (nSPS) is 14.7. The molecule has 2 amide bonds. The molecule has 1 aliphatic rings. The van der Waals surface area contributed by atoms with Crippen molar-refractivity contribution in [3.8, 4) is 11.5 Å². The lowest BCUT2D eigenvalue weighted by Gasteiger charge is -2.38. The maximum Gasteiger partial charge on any atom is 0.410 e. The summed E-state index contributed by atoms with van der Waals surface area (Å²) >= 11 is 6.38. The molecule has 7 nitrogen and oxygen atoms in total. The average Bonchev–Trinajstić information content (AvgIpc) is 2.83. The van der Waals surface area contributed by atoms with E-state index in [-0.39, 0.29) is 24.1 Å². The van der Waals surface area contributed by atoms with E-state index in [9.17, 15) is 14.0 Å². The quantitative estimate of drug-likeness (QED) is 0.449. The fourth-order valence-electron chi connectivity index (χ4n) is 3.79. The first-order chi connectivity index (χ1) is 16.3. The van der Waals surface area contributed by atoms with Gasteiger partial charge in [0, 0.05) is 18.7 Å². The van der Waals surface area contributed by atoms with Gasteiger partial charge in [0.1, 0.15) is 30.5 Å². The molecule has 0 spiro atoms. The van der Waals surface area contributed by atoms with E-state index in [1.165, 1.54) is 17.0 Å². The average molecular weight is 493 g/mol. The predicted molar refractivity (Wildman–Crippen MR) is 127 cm³/mol. The molecule has 34 heavy (non-hydrogen) atoms. The Balaban J connectivity index is 1.72. The van der Waals surface area contributed by atoms with E-state index in [1.54, 1.807) is 36.3 Å². The van der Waals surface area contributed by atoms with Crippen LogP contribution in [0.2, 0.25) is 5.02 Å². The first-order valence-electron chi connectivity index (χ1n) is 11.3. The van der Waals surface area contributed by atoms with Crippen molar-refractivity contribution in [1.82, 2.24) is 9.80 Å². The van der Waals surface area contributed by atoms with Crippen molar-refractivity contribution >= 4 is 23.6 Å². The molecule has 0 aliphatic carbocycles. The number of benzene rings is 2. The maximum absolute atomic E-state index is 14.3. The molecule has 0 saturated carbocycles. The van der Waals surface area contributed by atoms with Gasteiger partial charge in [-0.05, 0) is 55.3 Å². The van der Waals surface area contributed by atoms with Crippen LogP contribution in [0, 0.1) is 5.82 Å². The molecule has 1 atom stereocenters. The molecule has 1 heterocycles. The van der Waals surface area contributed by atoms with Gasteiger partial charge < -0.3 is 19.1 Å². The molecule has 1 saturated heterocycles. The van der Waals surface area contributed by atoms with Gasteiger partial charge in [-0.3, -0.25) is 9.69 Å². The minimum Gasteiger partial charge on any atom is -0.497 e. The molecule has 0 radical (unpaired) electrons. The summed E-state index contributed by atoms with van der Waals surface area (Å²) in [6.45, 7) is 4.80. The van der Waals surface area contributed by atoms with Crippen molar-refractivity contribution in [2.75, 3.05) is 33.4 Å². The molecule has 1 aliphatic heterocycles. The smallest absolute Gasteiger partial charge is 0.410 e. The third kappa shape index (κ3) is 6.32. The lowest BCUT2D eigenvalue weighted by atomic mass is 9.99. The number of nitrogens with zero attached hydrogens (tertiary/aromatic N) is 2. The van der Waals surface area contributed by atoms with Gasteiger partial charge in [0.15, 0.2) is 0 Å². The van der Waals surface area contributed by atoms with Gasteiger partial charge >= 0.3 is 6.09 Å². The van der Waals surface area contributed by atoms with Crippen LogP contribution in [0.3, 0.4) is 0 Å². The SMILES string of the molecule is CCCCOC(=O)N1CCN(C(C)c2cc(F)cc(Cl)c2COc2ccc(OC)cc2)C(=O)C1. The third-order valence-corrected chi connectivity index (χ3v) is 6.13. The van der Waals surface area contributed by atoms with Crippen LogP contribution >= 0.6 is 11.6 Å². The summed E-state index contributed by atoms with van der Waals surface area (Å²) < 4.78 is 30.5. The largest absolute Gasteiger partial charge is 0.497 e. The molecular formula is C25H30ClFN2O5. The van der Waals surface area contributed by atoms with Crippen LogP contribution in [-0.4, -0.2) is 55.2 Å². The van der Waals surface area contributed by atoms with Gasteiger partial charge in [-0.1, -0.05) is 24.9 Å². The number of ether oxygens (including phenoxy) is 3. The molecule has 0 bridgehead atoms. The van der Waals surface area contributed by atoms with E-state index >= 15 is 0 Å². The van der Waals surface area contributed by atoms with Crippen molar-refractivity contribution < 1.29 is 28.2 Å². The van der Waals surface area contributed by atoms with Crippen LogP contribution in [0.5, 0.6) is 11.5 Å². The Hall–Kier alpha value is -3.00. The van der Waals surface area contributed by atoms with Crippen LogP contribution in [0.25, 0.3) is 0 Å². The Kier molecular flexibility index (Phi) is 8.98. The maximum atomic E-state index is 14.3. The number of hydrogen-bond donors (Lipinski definition) is 0. The number of carbonyl (C=O) groups excluding carboxylic acids is 2. The zero-order valence-electron chi connectivity index (χ0n) is 19.7. The number of piperazine rings is 1. The molecule has 9 heteroatoms. The second-order valence-electron chi connectivity index (χ2n) is 8.07. The van der Waals surface area contributed by atoms with Crippen molar-refractivity contribution in [3.05, 3.63) is 58.4 Å². The van der Waals surface area contributed by atoms with Gasteiger partial charge in [-0.2, -0.15) is 0 Å². The molecule has 2 aromatic carbocycles. The Labute approximate surface area is 204 Å². The number of unbranched alkanes of at least 4 members (excludes halogenated alkanes) is 1. The Morgan fingerprint density at radius 3 is 2.53 bits per heavy atom. The summed E-state index contributed by atoms with van der Waals surface area (Å²) in [7, 11) is 1.58. The summed E-state index contributed by atoms with van der Waals surface area (Å²) in [6, 6.07) is 9.23. The topological polar surface area (TPSA) is 68.3 Å². The zero-order chi connectivity index (χ0) is 24.7. The highest BCUT2D eigenvalue weighted by Crippen LogP contribution is 2.32. The van der Waals surface area contributed by atoms with Crippen molar-refractivity contribution in [3.63, 3.8) is 0 Å². The lowest BCUT2D eigenvalue weighted by molar-refractivity contribution is -0.137. The molecule has 0 N–H and O–H groups in total. The van der Waals surface area contributed by atoms with E-state index in [2.05, 4.69) is 0 Å². The van der Waals surface area contributed by atoms with E-state index in [4.69, 9.17) is 25.8 Å². The van der Waals surface area contributed by atoms with E-state index in [0.717, 1.165) is 12.8 Å². The minimum atomic E-state index is -0.495. The standard InChI is InChI=1S/C25H30ClFN2O5/c1-4-5-12-33-25(31)28-10-11-29(24(30)15-28)17(2)21-13-18(27)14-23(26)22(21)16-34-20-8-6-19(32-3)7-9-20/h6-9,13-14,17H,4-5,10-12,15-16H2,1-3H3. The van der Waals surface area contributed by atoms with Crippen LogP contribution < -0.4 is 9.47 Å². The highest BCUT2D eigenvalue weighted by Gasteiger charge is 2.32. The summed E-state index contributed by atoms with van der Waals surface area (Å²) in [5.41, 5.74) is 1.16. The van der Waals surface area contributed by atoms with Gasteiger partial charge in [-0.25, -0.2) is 9.18 Å². The van der Waals surface area contributed by atoms with Gasteiger partial charge in [0.2, 0.25) is 5.91 Å². The van der Waals surface area contributed by atoms with Crippen molar-refractivity contribution in [2.24, 2.45) is 0 Å². The van der Waals surface area contributed by atoms with Crippen molar-refractivity contribution in [2.45, 2.75) is 39.3 Å². The molecule has 2 aromatic rings. The molecule has 0 aromatic heterocycles. The highest BCUT2D eigenvalue weighted by atomic mass is 35.5. The molecule has 3 rings (SSSR count). The molecule has 1 fully saturated rings. The molecular weight excluding hydrogens is 463 g/mol. The monoisotopic (exact) mass is 492 g/mol. The van der Waals surface area contributed by atoms with Gasteiger partial charge in [0.25, 0.3) is 0 Å². The van der Waals surface area contributed by atoms with Crippen LogP contribution in [-0.2, 0) is 16.1 Å². The summed E-state index contributed by atoms with van der Waals surface area (Å²) in [5, 5.41) is 0.223. The Bertz CT molecular complexity index is 1000. The second kappa shape index (κ2) is 11.9. The summed E-state index contributed by atoms with van der Waals surface area (Å²) in [4.78, 5) is 28.1.